The number of nitrogens with zero attached hydrogens (tertiary/aromatic N) is 1. The molecule has 0 radical (unpaired) electrons. The van der Waals surface area contributed by atoms with Crippen molar-refractivity contribution in [3.8, 4) is 0 Å². The number of amides is 1. The number of aliphatic hydroxyl groups excluding tert-OH is 1. The number of carbonyl (C=O) groups excluding carboxylic acids is 1. The molecule has 8 nitrogen and oxygen atoms in total. The van der Waals surface area contributed by atoms with Gasteiger partial charge in [-0.1, -0.05) is 32.9 Å². The van der Waals surface area contributed by atoms with Gasteiger partial charge in [0.15, 0.2) is 12.1 Å². The first-order chi connectivity index (χ1) is 13.8. The van der Waals surface area contributed by atoms with Crippen LogP contribution in [0.25, 0.3) is 0 Å². The van der Waals surface area contributed by atoms with Crippen LogP contribution in [0.3, 0.4) is 0 Å². The molecule has 0 aliphatic carbocycles. The monoisotopic (exact) mass is 415 g/mol. The number of hydrogen-bond acceptors (Lipinski definition) is 4. The van der Waals surface area contributed by atoms with E-state index >= 15 is 0 Å². The molecule has 1 amide bonds. The first-order valence-corrected chi connectivity index (χ1v) is 10.6. The fourth-order valence-electron chi connectivity index (χ4n) is 3.88. The van der Waals surface area contributed by atoms with Crippen LogP contribution < -0.4 is 5.32 Å². The Bertz CT molecular complexity index is 511. The minimum absolute atomic E-state index is 0.0169. The van der Waals surface area contributed by atoms with E-state index in [4.69, 9.17) is 0 Å². The Morgan fingerprint density at radius 3 is 1.90 bits per heavy atom. The van der Waals surface area contributed by atoms with Gasteiger partial charge in [0, 0.05) is 19.3 Å². The van der Waals surface area contributed by atoms with Crippen LogP contribution in [0.5, 0.6) is 0 Å². The second-order valence-corrected chi connectivity index (χ2v) is 7.33. The predicted octanol–water partition coefficient (Wildman–Crippen LogP) is 2.16. The van der Waals surface area contributed by atoms with Crippen LogP contribution in [0.2, 0.25) is 0 Å². The standard InChI is InChI=1S/C21H38N2O6/c1-4-7-8-9-12-19(25)22-13-14-23(15-16-24,17(10-5-2)20(26)27)18(11-6-3)21(28)29/h7-8,17-18,24H,4-6,9-16H2,1-3H3,(H2-,22,25,26,27,28,29)/p+1/b8-7+. The molecule has 29 heavy (non-hydrogen) atoms. The third-order valence-corrected chi connectivity index (χ3v) is 5.24. The lowest BCUT2D eigenvalue weighted by atomic mass is 9.98. The van der Waals surface area contributed by atoms with Crippen molar-refractivity contribution in [2.24, 2.45) is 0 Å². The maximum atomic E-state index is 12.1. The molecule has 0 fully saturated rings. The molecular weight excluding hydrogens is 376 g/mol. The molecule has 8 heteroatoms. The zero-order chi connectivity index (χ0) is 22.3. The minimum atomic E-state index is -1.07. The molecular formula is C21H39N2O6+. The molecule has 0 aromatic carbocycles. The largest absolute Gasteiger partial charge is 0.477 e. The Hall–Kier alpha value is -1.93. The molecule has 0 aliphatic heterocycles. The first-order valence-electron chi connectivity index (χ1n) is 10.6. The van der Waals surface area contributed by atoms with Crippen LogP contribution in [0, 0.1) is 0 Å². The van der Waals surface area contributed by atoms with E-state index in [0.29, 0.717) is 38.5 Å². The second kappa shape index (κ2) is 15.0. The van der Waals surface area contributed by atoms with Crippen molar-refractivity contribution >= 4 is 17.8 Å². The molecule has 0 rings (SSSR count). The van der Waals surface area contributed by atoms with Gasteiger partial charge in [-0.3, -0.25) is 9.28 Å². The summed E-state index contributed by atoms with van der Waals surface area (Å²) < 4.78 is -0.265. The van der Waals surface area contributed by atoms with Crippen LogP contribution in [-0.2, 0) is 14.4 Å². The van der Waals surface area contributed by atoms with Gasteiger partial charge in [-0.2, -0.15) is 0 Å². The number of rotatable bonds is 17. The number of quaternary nitrogens is 1. The van der Waals surface area contributed by atoms with E-state index in [1.54, 1.807) is 0 Å². The molecule has 0 spiro atoms. The summed E-state index contributed by atoms with van der Waals surface area (Å²) in [6.45, 7) is 5.72. The number of nitrogens with one attached hydrogen (secondary N) is 1. The van der Waals surface area contributed by atoms with Crippen LogP contribution >= 0.6 is 0 Å². The summed E-state index contributed by atoms with van der Waals surface area (Å²) >= 11 is 0. The molecule has 2 unspecified atom stereocenters. The summed E-state index contributed by atoms with van der Waals surface area (Å²) in [6.07, 6.45) is 7.55. The maximum Gasteiger partial charge on any atom is 0.362 e. The van der Waals surface area contributed by atoms with Gasteiger partial charge in [0.2, 0.25) is 5.91 Å². The maximum absolute atomic E-state index is 12.1. The van der Waals surface area contributed by atoms with E-state index in [0.717, 1.165) is 6.42 Å². The molecule has 168 valence electrons. The van der Waals surface area contributed by atoms with Crippen molar-refractivity contribution < 1.29 is 34.2 Å². The van der Waals surface area contributed by atoms with Crippen molar-refractivity contribution in [2.75, 3.05) is 26.2 Å². The third-order valence-electron chi connectivity index (χ3n) is 5.24. The van der Waals surface area contributed by atoms with Crippen molar-refractivity contribution in [2.45, 2.75) is 77.8 Å². The summed E-state index contributed by atoms with van der Waals surface area (Å²) in [5, 5.41) is 32.2. The first kappa shape index (κ1) is 27.1. The van der Waals surface area contributed by atoms with E-state index in [1.807, 2.05) is 32.9 Å². The lowest BCUT2D eigenvalue weighted by Gasteiger charge is -2.46. The van der Waals surface area contributed by atoms with Gasteiger partial charge in [-0.15, -0.1) is 0 Å². The fraction of sp³-hybridized carbons (Fsp3) is 0.762. The van der Waals surface area contributed by atoms with Gasteiger partial charge in [-0.05, 0) is 25.7 Å². The van der Waals surface area contributed by atoms with Crippen LogP contribution in [-0.4, -0.2) is 76.0 Å². The van der Waals surface area contributed by atoms with E-state index in [9.17, 15) is 29.7 Å². The summed E-state index contributed by atoms with van der Waals surface area (Å²) in [4.78, 5) is 36.2. The van der Waals surface area contributed by atoms with Gasteiger partial charge in [-0.25, -0.2) is 9.59 Å². The average Bonchev–Trinajstić information content (AvgIpc) is 2.66. The van der Waals surface area contributed by atoms with E-state index < -0.39 is 24.0 Å². The van der Waals surface area contributed by atoms with Crippen molar-refractivity contribution in [3.63, 3.8) is 0 Å². The third kappa shape index (κ3) is 8.95. The van der Waals surface area contributed by atoms with Gasteiger partial charge in [0.1, 0.15) is 6.54 Å². The number of carboxylic acid groups (broad SMARTS) is 2. The minimum Gasteiger partial charge on any atom is -0.477 e. The topological polar surface area (TPSA) is 124 Å². The Morgan fingerprint density at radius 2 is 1.48 bits per heavy atom. The highest BCUT2D eigenvalue weighted by atomic mass is 16.4. The zero-order valence-electron chi connectivity index (χ0n) is 18.1. The van der Waals surface area contributed by atoms with Gasteiger partial charge >= 0.3 is 11.9 Å². The number of carbonyl (C=O) groups is 3. The SMILES string of the molecule is CC/C=C/CCC(=O)NCC[N+](CCO)(C(CCC)C(=O)O)C(CCC)C(=O)O. The normalized spacial score (nSPS) is 15.6. The summed E-state index contributed by atoms with van der Waals surface area (Å²) in [6, 6.07) is -1.91. The smallest absolute Gasteiger partial charge is 0.362 e. The van der Waals surface area contributed by atoms with Gasteiger partial charge in [0.25, 0.3) is 0 Å². The molecule has 0 bridgehead atoms. The fourth-order valence-corrected chi connectivity index (χ4v) is 3.88. The molecule has 4 N–H and O–H groups in total. The number of hydrogen-bond donors (Lipinski definition) is 4. The average molecular weight is 416 g/mol. The van der Waals surface area contributed by atoms with Crippen molar-refractivity contribution in [3.05, 3.63) is 12.2 Å². The summed E-state index contributed by atoms with van der Waals surface area (Å²) in [7, 11) is 0. The van der Waals surface area contributed by atoms with Crippen molar-refractivity contribution in [1.82, 2.24) is 5.32 Å². The van der Waals surface area contributed by atoms with E-state index in [1.165, 1.54) is 0 Å². The lowest BCUT2D eigenvalue weighted by molar-refractivity contribution is -0.958. The number of carboxylic acids is 2. The molecule has 0 heterocycles. The molecule has 2 atom stereocenters. The van der Waals surface area contributed by atoms with Gasteiger partial charge < -0.3 is 20.6 Å². The Labute approximate surface area is 174 Å². The molecule has 0 saturated heterocycles. The molecule has 0 saturated carbocycles. The summed E-state index contributed by atoms with van der Waals surface area (Å²) in [5.41, 5.74) is 0. The highest BCUT2D eigenvalue weighted by Crippen LogP contribution is 2.26. The molecule has 0 aromatic heterocycles. The van der Waals surface area contributed by atoms with Crippen LogP contribution in [0.15, 0.2) is 12.2 Å². The summed E-state index contributed by atoms with van der Waals surface area (Å²) in [5.74, 6) is -2.30. The number of aliphatic carboxylic acids is 2. The molecule has 0 aromatic rings. The lowest BCUT2D eigenvalue weighted by Crippen LogP contribution is -2.68. The van der Waals surface area contributed by atoms with Crippen molar-refractivity contribution in [1.29, 1.82) is 0 Å². The van der Waals surface area contributed by atoms with Crippen LogP contribution in [0.1, 0.15) is 65.7 Å². The Kier molecular flexibility index (Phi) is 14.0. The second-order valence-electron chi connectivity index (χ2n) is 7.33. The molecule has 0 aliphatic rings. The highest BCUT2D eigenvalue weighted by molar-refractivity contribution is 5.76. The van der Waals surface area contributed by atoms with Gasteiger partial charge in [0.05, 0.1) is 19.7 Å². The highest BCUT2D eigenvalue weighted by Gasteiger charge is 2.49. The predicted molar refractivity (Wildman–Crippen MR) is 111 cm³/mol. The Morgan fingerprint density at radius 1 is 0.931 bits per heavy atom. The number of aliphatic hydroxyl groups is 1. The van der Waals surface area contributed by atoms with Crippen LogP contribution in [0.4, 0.5) is 0 Å². The van der Waals surface area contributed by atoms with E-state index in [-0.39, 0.29) is 36.6 Å². The zero-order valence-corrected chi connectivity index (χ0v) is 18.1. The Balaban J connectivity index is 5.58. The number of allylic oxidation sites excluding steroid dienone is 2. The van der Waals surface area contributed by atoms with E-state index in [2.05, 4.69) is 5.32 Å². The quantitative estimate of drug-likeness (QED) is 0.213.